The first-order valence-corrected chi connectivity index (χ1v) is 15.1. The molecule has 1 aliphatic carbocycles. The lowest BCUT2D eigenvalue weighted by Crippen LogP contribution is -2.39. The molecule has 0 radical (unpaired) electrons. The number of imidazole rings is 2. The van der Waals surface area contributed by atoms with Crippen molar-refractivity contribution in [2.24, 2.45) is 0 Å². The Bertz CT molecular complexity index is 1910. The number of ether oxygens (including phenoxy) is 2. The van der Waals surface area contributed by atoms with Gasteiger partial charge in [0.1, 0.15) is 36.7 Å². The molecule has 1 saturated carbocycles. The number of hydrogen-bond donors (Lipinski definition) is 0. The van der Waals surface area contributed by atoms with Crippen LogP contribution in [-0.2, 0) is 32.2 Å². The van der Waals surface area contributed by atoms with E-state index in [9.17, 15) is 19.2 Å². The van der Waals surface area contributed by atoms with Crippen LogP contribution in [0.25, 0.3) is 34.2 Å². The minimum atomic E-state index is -0.574. The molecule has 0 unspecified atom stereocenters. The summed E-state index contributed by atoms with van der Waals surface area (Å²) in [6.45, 7) is -0.190. The predicted molar refractivity (Wildman–Crippen MR) is 167 cm³/mol. The topological polar surface area (TPSA) is 132 Å². The Balaban J connectivity index is 0.994. The van der Waals surface area contributed by atoms with Gasteiger partial charge in [-0.2, -0.15) is 0 Å². The van der Waals surface area contributed by atoms with E-state index in [1.54, 1.807) is 46.3 Å². The third-order valence-electron chi connectivity index (χ3n) is 8.09. The predicted octanol–water partition coefficient (Wildman–Crippen LogP) is 3.69. The number of benzene rings is 2. The molecule has 1 fully saturated rings. The van der Waals surface area contributed by atoms with Crippen molar-refractivity contribution in [1.29, 1.82) is 0 Å². The summed E-state index contributed by atoms with van der Waals surface area (Å²) < 4.78 is 17.7. The van der Waals surface area contributed by atoms with Crippen LogP contribution in [0.4, 0.5) is 0 Å². The van der Waals surface area contributed by atoms with Crippen molar-refractivity contribution in [1.82, 2.24) is 28.2 Å². The molecular weight excluding hydrogens is 588 g/mol. The van der Waals surface area contributed by atoms with Gasteiger partial charge in [-0.15, -0.1) is 0 Å². The normalized spacial score (nSPS) is 16.4. The Morgan fingerprint density at radius 1 is 0.630 bits per heavy atom. The average molecular weight is 619 g/mol. The zero-order valence-corrected chi connectivity index (χ0v) is 24.8. The van der Waals surface area contributed by atoms with Gasteiger partial charge in [0.15, 0.2) is 11.6 Å². The van der Waals surface area contributed by atoms with E-state index in [0.29, 0.717) is 47.0 Å². The van der Waals surface area contributed by atoms with Crippen molar-refractivity contribution in [3.63, 3.8) is 0 Å². The fraction of sp³-hybridized carbons (Fsp3) is 0.235. The number of esters is 2. The second-order valence-electron chi connectivity index (χ2n) is 11.3. The number of carbonyl (C=O) groups is 2. The fourth-order valence-corrected chi connectivity index (χ4v) is 5.83. The summed E-state index contributed by atoms with van der Waals surface area (Å²) in [6, 6.07) is 18.4. The summed E-state index contributed by atoms with van der Waals surface area (Å²) in [5.74, 6) is -0.141. The first-order valence-electron chi connectivity index (χ1n) is 15.1. The van der Waals surface area contributed by atoms with Crippen molar-refractivity contribution >= 4 is 11.9 Å². The van der Waals surface area contributed by atoms with Crippen LogP contribution < -0.4 is 11.1 Å². The summed E-state index contributed by atoms with van der Waals surface area (Å²) >= 11 is 0. The number of carbonyl (C=O) groups excluding carboxylic acids is 2. The largest absolute Gasteiger partial charge is 0.457 e. The second kappa shape index (κ2) is 12.3. The van der Waals surface area contributed by atoms with Gasteiger partial charge in [-0.05, 0) is 25.7 Å². The smallest absolute Gasteiger partial charge is 0.326 e. The lowest BCUT2D eigenvalue weighted by atomic mass is 9.94. The van der Waals surface area contributed by atoms with Gasteiger partial charge in [0.25, 0.3) is 11.1 Å². The summed E-state index contributed by atoms with van der Waals surface area (Å²) in [7, 11) is 0. The molecule has 7 rings (SSSR count). The monoisotopic (exact) mass is 618 g/mol. The zero-order chi connectivity index (χ0) is 31.6. The molecule has 4 aliphatic heterocycles. The Labute approximate surface area is 262 Å². The minimum absolute atomic E-state index is 0.0950. The molecule has 5 aliphatic rings. The summed E-state index contributed by atoms with van der Waals surface area (Å²) in [5, 5.41) is 0. The van der Waals surface area contributed by atoms with Gasteiger partial charge in [0.2, 0.25) is 0 Å². The van der Waals surface area contributed by atoms with E-state index in [1.807, 2.05) is 60.7 Å². The third kappa shape index (κ3) is 5.84. The molecule has 12 nitrogen and oxygen atoms in total. The van der Waals surface area contributed by atoms with Crippen molar-refractivity contribution in [3.8, 4) is 34.2 Å². The summed E-state index contributed by atoms with van der Waals surface area (Å²) in [5.41, 5.74) is 1.63. The maximum Gasteiger partial charge on any atom is 0.326 e. The van der Waals surface area contributed by atoms with Crippen molar-refractivity contribution in [2.45, 2.75) is 51.0 Å². The number of fused-ring (bicyclic) bond motifs is 2. The number of nitrogens with zero attached hydrogens (tertiary/aromatic N) is 6. The summed E-state index contributed by atoms with van der Waals surface area (Å²) in [6.07, 6.45) is 11.4. The quantitative estimate of drug-likeness (QED) is 0.236. The maximum absolute atomic E-state index is 13.0. The highest BCUT2D eigenvalue weighted by atomic mass is 16.6. The van der Waals surface area contributed by atoms with Gasteiger partial charge < -0.3 is 18.6 Å². The van der Waals surface area contributed by atoms with E-state index >= 15 is 0 Å². The lowest BCUT2D eigenvalue weighted by Gasteiger charge is -2.31. The van der Waals surface area contributed by atoms with Gasteiger partial charge in [0, 0.05) is 48.3 Å². The van der Waals surface area contributed by atoms with Gasteiger partial charge in [-0.25, -0.2) is 9.97 Å². The van der Waals surface area contributed by atoms with Crippen LogP contribution in [0.2, 0.25) is 0 Å². The Hall–Kier alpha value is -5.78. The molecule has 2 aromatic carbocycles. The SMILES string of the molecule is O=C(Cn1ccn2c(=O)c(-c3ccccc3)nc-2c1)O[C@@H]1CCCC[C@H]1OC(=O)Cn1ccn2c(=O)c(-c3ccccc3)nc-2c1. The average Bonchev–Trinajstić information content (AvgIpc) is 3.58. The molecule has 232 valence electrons. The van der Waals surface area contributed by atoms with Crippen LogP contribution in [0.1, 0.15) is 25.7 Å². The molecule has 46 heavy (non-hydrogen) atoms. The molecule has 2 aromatic rings. The molecule has 0 amide bonds. The first-order chi connectivity index (χ1) is 22.4. The van der Waals surface area contributed by atoms with Crippen LogP contribution >= 0.6 is 0 Å². The molecule has 0 saturated heterocycles. The number of aromatic nitrogens is 6. The lowest BCUT2D eigenvalue weighted by molar-refractivity contribution is -0.172. The molecule has 0 aromatic heterocycles. The zero-order valence-electron chi connectivity index (χ0n) is 24.8. The fourth-order valence-electron chi connectivity index (χ4n) is 5.83. The Morgan fingerprint density at radius 3 is 1.46 bits per heavy atom. The van der Waals surface area contributed by atoms with E-state index in [0.717, 1.165) is 12.8 Å². The summed E-state index contributed by atoms with van der Waals surface area (Å²) in [4.78, 5) is 60.6. The first kappa shape index (κ1) is 29.0. The van der Waals surface area contributed by atoms with E-state index in [-0.39, 0.29) is 24.2 Å². The van der Waals surface area contributed by atoms with Gasteiger partial charge in [-0.1, -0.05) is 60.7 Å². The van der Waals surface area contributed by atoms with Crippen LogP contribution in [0.15, 0.2) is 107 Å². The van der Waals surface area contributed by atoms with Gasteiger partial charge in [-0.3, -0.25) is 28.3 Å². The second-order valence-corrected chi connectivity index (χ2v) is 11.3. The number of rotatable bonds is 8. The molecule has 0 N–H and O–H groups in total. The molecule has 2 atom stereocenters. The van der Waals surface area contributed by atoms with Crippen LogP contribution in [0.3, 0.4) is 0 Å². The van der Waals surface area contributed by atoms with Crippen molar-refractivity contribution in [3.05, 3.63) is 119 Å². The standard InChI is InChI=1S/C34H30N6O6/c41-29(21-37-15-17-39-27(19-37)35-31(33(39)43)23-9-3-1-4-10-23)45-25-13-7-8-14-26(25)46-30(42)22-38-16-18-40-28(20-38)36-32(34(40)44)24-11-5-2-6-12-24/h1-6,9-12,15-20,25-26H,7-8,13-14,21-22H2/t25-,26-/m1/s1. The van der Waals surface area contributed by atoms with Crippen LogP contribution in [0, 0.1) is 0 Å². The molecule has 12 heteroatoms. The van der Waals surface area contributed by atoms with E-state index in [4.69, 9.17) is 9.47 Å². The number of hydrogen-bond acceptors (Lipinski definition) is 8. The van der Waals surface area contributed by atoms with Crippen molar-refractivity contribution < 1.29 is 19.1 Å². The van der Waals surface area contributed by atoms with Gasteiger partial charge >= 0.3 is 11.9 Å². The molecular formula is C34H30N6O6. The van der Waals surface area contributed by atoms with Gasteiger partial charge in [0.05, 0.1) is 0 Å². The molecule has 0 spiro atoms. The molecule has 0 bridgehead atoms. The highest BCUT2D eigenvalue weighted by Crippen LogP contribution is 2.25. The van der Waals surface area contributed by atoms with Crippen molar-refractivity contribution in [2.75, 3.05) is 0 Å². The Morgan fingerprint density at radius 2 is 1.04 bits per heavy atom. The minimum Gasteiger partial charge on any atom is -0.457 e. The maximum atomic E-state index is 13.0. The Kier molecular flexibility index (Phi) is 7.75. The molecule has 4 heterocycles. The van der Waals surface area contributed by atoms with Crippen LogP contribution in [-0.4, -0.2) is 52.4 Å². The highest BCUT2D eigenvalue weighted by Gasteiger charge is 2.32. The van der Waals surface area contributed by atoms with E-state index in [1.165, 1.54) is 9.13 Å². The van der Waals surface area contributed by atoms with E-state index < -0.39 is 24.1 Å². The highest BCUT2D eigenvalue weighted by molar-refractivity contribution is 5.71. The van der Waals surface area contributed by atoms with Crippen LogP contribution in [0.5, 0.6) is 0 Å². The van der Waals surface area contributed by atoms with E-state index in [2.05, 4.69) is 9.97 Å². The third-order valence-corrected chi connectivity index (χ3v) is 8.09.